The summed E-state index contributed by atoms with van der Waals surface area (Å²) < 4.78 is 29.0. The van der Waals surface area contributed by atoms with Crippen molar-refractivity contribution in [1.29, 1.82) is 0 Å². The summed E-state index contributed by atoms with van der Waals surface area (Å²) in [4.78, 5) is 0. The highest BCUT2D eigenvalue weighted by Gasteiger charge is 2.23. The third-order valence-electron chi connectivity index (χ3n) is 4.27. The molecule has 3 rings (SSSR count). The summed E-state index contributed by atoms with van der Waals surface area (Å²) in [6.07, 6.45) is 4.17. The van der Waals surface area contributed by atoms with Crippen molar-refractivity contribution in [3.05, 3.63) is 24.3 Å². The minimum atomic E-state index is -3.29. The second kappa shape index (κ2) is 6.34. The fourth-order valence-electron chi connectivity index (χ4n) is 3.14. The van der Waals surface area contributed by atoms with E-state index in [4.69, 9.17) is 0 Å². The molecule has 1 aromatic carbocycles. The molecule has 0 aliphatic heterocycles. The van der Waals surface area contributed by atoms with Gasteiger partial charge < -0.3 is 0 Å². The van der Waals surface area contributed by atoms with Crippen molar-refractivity contribution in [1.82, 2.24) is 19.7 Å². The molecule has 2 atom stereocenters. The Morgan fingerprint density at radius 1 is 1.32 bits per heavy atom. The zero-order chi connectivity index (χ0) is 15.6. The molecule has 1 fully saturated rings. The predicted molar refractivity (Wildman–Crippen MR) is 85.9 cm³/mol. The lowest BCUT2D eigenvalue weighted by Crippen LogP contribution is -2.39. The number of sulfonamides is 1. The normalized spacial score (nSPS) is 23.0. The maximum absolute atomic E-state index is 12.3. The second-order valence-electron chi connectivity index (χ2n) is 6.21. The Bertz CT molecular complexity index is 741. The number of fused-ring (bicyclic) bond motifs is 1. The Hall–Kier alpha value is -1.47. The number of aryl methyl sites for hydroxylation is 1. The number of hydrogen-bond acceptors (Lipinski definition) is 4. The molecule has 6 nitrogen and oxygen atoms in total. The van der Waals surface area contributed by atoms with Gasteiger partial charge in [0.05, 0.1) is 17.8 Å². The molecule has 0 saturated heterocycles. The van der Waals surface area contributed by atoms with Crippen LogP contribution in [0.5, 0.6) is 0 Å². The van der Waals surface area contributed by atoms with Gasteiger partial charge in [-0.25, -0.2) is 17.8 Å². The summed E-state index contributed by atoms with van der Waals surface area (Å²) in [5.74, 6) is 0.631. The van der Waals surface area contributed by atoms with Gasteiger partial charge >= 0.3 is 0 Å². The summed E-state index contributed by atoms with van der Waals surface area (Å²) in [5, 5.41) is 8.07. The fourth-order valence-corrected chi connectivity index (χ4v) is 4.40. The van der Waals surface area contributed by atoms with Crippen LogP contribution in [-0.4, -0.2) is 35.2 Å². The molecule has 2 aromatic rings. The lowest BCUT2D eigenvalue weighted by molar-refractivity contribution is 0.327. The summed E-state index contributed by atoms with van der Waals surface area (Å²) in [5.41, 5.74) is 1.65. The molecule has 2 unspecified atom stereocenters. The molecule has 1 N–H and O–H groups in total. The molecule has 1 aliphatic carbocycles. The van der Waals surface area contributed by atoms with Gasteiger partial charge in [-0.3, -0.25) is 0 Å². The van der Waals surface area contributed by atoms with Crippen LogP contribution in [0.3, 0.4) is 0 Å². The maximum atomic E-state index is 12.3. The first kappa shape index (κ1) is 15.4. The topological polar surface area (TPSA) is 76.9 Å². The average molecular weight is 322 g/mol. The zero-order valence-corrected chi connectivity index (χ0v) is 13.6. The molecule has 7 heteroatoms. The van der Waals surface area contributed by atoms with Crippen molar-refractivity contribution < 1.29 is 8.42 Å². The van der Waals surface area contributed by atoms with Gasteiger partial charge in [0, 0.05) is 6.04 Å². The van der Waals surface area contributed by atoms with Crippen LogP contribution < -0.4 is 4.72 Å². The molecule has 1 aliphatic rings. The maximum Gasteiger partial charge on any atom is 0.213 e. The molecule has 22 heavy (non-hydrogen) atoms. The summed E-state index contributed by atoms with van der Waals surface area (Å²) in [6.45, 7) is 2.50. The van der Waals surface area contributed by atoms with Crippen LogP contribution in [0.15, 0.2) is 24.3 Å². The van der Waals surface area contributed by atoms with E-state index in [0.29, 0.717) is 12.5 Å². The number of benzene rings is 1. The summed E-state index contributed by atoms with van der Waals surface area (Å²) >= 11 is 0. The third kappa shape index (κ3) is 3.64. The van der Waals surface area contributed by atoms with Crippen LogP contribution in [0.4, 0.5) is 0 Å². The van der Waals surface area contributed by atoms with Gasteiger partial charge in [-0.05, 0) is 30.9 Å². The second-order valence-corrected chi connectivity index (χ2v) is 8.08. The van der Waals surface area contributed by atoms with Gasteiger partial charge in [-0.2, -0.15) is 0 Å². The SMILES string of the molecule is CC1CCCC(NS(=O)(=O)CCn2nnc3ccccc32)C1. The van der Waals surface area contributed by atoms with Gasteiger partial charge in [0.15, 0.2) is 0 Å². The van der Waals surface area contributed by atoms with Crippen molar-refractivity contribution >= 4 is 21.1 Å². The Kier molecular flexibility index (Phi) is 4.44. The molecule has 1 heterocycles. The highest BCUT2D eigenvalue weighted by molar-refractivity contribution is 7.89. The number of nitrogens with one attached hydrogen (secondary N) is 1. The van der Waals surface area contributed by atoms with Gasteiger partial charge in [-0.15, -0.1) is 5.10 Å². The van der Waals surface area contributed by atoms with Crippen LogP contribution in [0.1, 0.15) is 32.6 Å². The van der Waals surface area contributed by atoms with E-state index < -0.39 is 10.0 Å². The number of rotatable bonds is 5. The van der Waals surface area contributed by atoms with Crippen LogP contribution in [-0.2, 0) is 16.6 Å². The lowest BCUT2D eigenvalue weighted by atomic mass is 9.88. The standard InChI is InChI=1S/C15H22N4O2S/c1-12-5-4-6-13(11-12)17-22(20,21)10-9-19-15-8-3-2-7-14(15)16-18-19/h2-3,7-8,12-13,17H,4-6,9-11H2,1H3. The largest absolute Gasteiger partial charge is 0.244 e. The molecule has 0 radical (unpaired) electrons. The van der Waals surface area contributed by atoms with E-state index in [1.54, 1.807) is 4.68 Å². The van der Waals surface area contributed by atoms with Crippen molar-refractivity contribution in [2.24, 2.45) is 5.92 Å². The smallest absolute Gasteiger partial charge is 0.213 e. The van der Waals surface area contributed by atoms with Crippen molar-refractivity contribution in [3.8, 4) is 0 Å². The third-order valence-corrected chi connectivity index (χ3v) is 5.69. The molecular formula is C15H22N4O2S. The van der Waals surface area contributed by atoms with Gasteiger partial charge in [-0.1, -0.05) is 37.1 Å². The number of aromatic nitrogens is 3. The molecule has 1 saturated carbocycles. The monoisotopic (exact) mass is 322 g/mol. The van der Waals surface area contributed by atoms with E-state index in [-0.39, 0.29) is 11.8 Å². The summed E-state index contributed by atoms with van der Waals surface area (Å²) in [6, 6.07) is 7.65. The Morgan fingerprint density at radius 2 is 2.14 bits per heavy atom. The van der Waals surface area contributed by atoms with Crippen LogP contribution >= 0.6 is 0 Å². The molecule has 120 valence electrons. The van der Waals surface area contributed by atoms with Crippen LogP contribution in [0.2, 0.25) is 0 Å². The highest BCUT2D eigenvalue weighted by Crippen LogP contribution is 2.24. The van der Waals surface area contributed by atoms with Crippen LogP contribution in [0, 0.1) is 5.92 Å². The molecule has 0 amide bonds. The molecular weight excluding hydrogens is 300 g/mol. The molecule has 0 spiro atoms. The zero-order valence-electron chi connectivity index (χ0n) is 12.8. The average Bonchev–Trinajstić information content (AvgIpc) is 2.88. The number of hydrogen-bond donors (Lipinski definition) is 1. The Balaban J connectivity index is 1.62. The first-order valence-electron chi connectivity index (χ1n) is 7.82. The van der Waals surface area contributed by atoms with Gasteiger partial charge in [0.1, 0.15) is 5.52 Å². The quantitative estimate of drug-likeness (QED) is 0.912. The fraction of sp³-hybridized carbons (Fsp3) is 0.600. The predicted octanol–water partition coefficient (Wildman–Crippen LogP) is 1.93. The minimum absolute atomic E-state index is 0.0330. The van der Waals surface area contributed by atoms with E-state index >= 15 is 0 Å². The van der Waals surface area contributed by atoms with E-state index in [9.17, 15) is 8.42 Å². The highest BCUT2D eigenvalue weighted by atomic mass is 32.2. The lowest BCUT2D eigenvalue weighted by Gasteiger charge is -2.27. The first-order chi connectivity index (χ1) is 10.5. The Morgan fingerprint density at radius 3 is 2.95 bits per heavy atom. The van der Waals surface area contributed by atoms with E-state index in [2.05, 4.69) is 22.0 Å². The minimum Gasteiger partial charge on any atom is -0.244 e. The van der Waals surface area contributed by atoms with Crippen LogP contribution in [0.25, 0.3) is 11.0 Å². The Labute approximate surface area is 130 Å². The number of nitrogens with zero attached hydrogens (tertiary/aromatic N) is 3. The molecule has 0 bridgehead atoms. The van der Waals surface area contributed by atoms with Crippen molar-refractivity contribution in [2.75, 3.05) is 5.75 Å². The first-order valence-corrected chi connectivity index (χ1v) is 9.47. The van der Waals surface area contributed by atoms with E-state index in [1.165, 1.54) is 6.42 Å². The molecule has 1 aromatic heterocycles. The van der Waals surface area contributed by atoms with Crippen molar-refractivity contribution in [3.63, 3.8) is 0 Å². The van der Waals surface area contributed by atoms with Crippen molar-refractivity contribution in [2.45, 2.75) is 45.2 Å². The van der Waals surface area contributed by atoms with Gasteiger partial charge in [0.25, 0.3) is 0 Å². The van der Waals surface area contributed by atoms with E-state index in [1.807, 2.05) is 24.3 Å². The summed E-state index contributed by atoms with van der Waals surface area (Å²) in [7, 11) is -3.29. The number of para-hydroxylation sites is 1. The van der Waals surface area contributed by atoms with Gasteiger partial charge in [0.2, 0.25) is 10.0 Å². The van der Waals surface area contributed by atoms with E-state index in [0.717, 1.165) is 30.3 Å².